The van der Waals surface area contributed by atoms with Gasteiger partial charge in [-0.3, -0.25) is 0 Å². The van der Waals surface area contributed by atoms with Gasteiger partial charge in [-0.15, -0.1) is 0 Å². The Morgan fingerprint density at radius 1 is 0.923 bits per heavy atom. The van der Waals surface area contributed by atoms with Crippen molar-refractivity contribution in [1.29, 1.82) is 0 Å². The molecule has 0 nitrogen and oxygen atoms in total. The third-order valence-corrected chi connectivity index (χ3v) is 4.87. The average Bonchev–Trinajstić information content (AvgIpc) is 2.00. The zero-order valence-electron chi connectivity index (χ0n) is 8.60. The fourth-order valence-corrected chi connectivity index (χ4v) is 4.97. The summed E-state index contributed by atoms with van der Waals surface area (Å²) < 4.78 is 0. The molecule has 1 radical (unpaired) electrons. The Morgan fingerprint density at radius 2 is 1.38 bits per heavy atom. The largest absolute Gasteiger partial charge is 0.0533 e. The molecule has 0 saturated heterocycles. The van der Waals surface area contributed by atoms with E-state index < -0.39 is 0 Å². The molecule has 0 aliphatic heterocycles. The first-order valence-corrected chi connectivity index (χ1v) is 6.09. The van der Waals surface area contributed by atoms with Crippen molar-refractivity contribution in [3.05, 3.63) is 6.92 Å². The molecule has 0 atom stereocenters. The third kappa shape index (κ3) is 1.25. The Bertz CT molecular complexity index is 169. The zero-order valence-corrected chi connectivity index (χ0v) is 8.60. The molecular weight excluding hydrogens is 156 g/mol. The summed E-state index contributed by atoms with van der Waals surface area (Å²) in [5, 5.41) is 0. The first-order valence-electron chi connectivity index (χ1n) is 6.09. The Labute approximate surface area is 82.1 Å². The van der Waals surface area contributed by atoms with Crippen LogP contribution in [-0.2, 0) is 0 Å². The lowest BCUT2D eigenvalue weighted by atomic mass is 9.49. The molecule has 0 spiro atoms. The molecule has 0 heterocycles. The molecule has 0 amide bonds. The first kappa shape index (κ1) is 8.32. The summed E-state index contributed by atoms with van der Waals surface area (Å²) in [6, 6.07) is 0. The van der Waals surface area contributed by atoms with Crippen LogP contribution < -0.4 is 0 Å². The Balaban J connectivity index is 1.83. The standard InChI is InChI=1S/C13H21/c1-2-3-13-7-10-4-11(8-13)6-12(5-10)9-13/h10-12H,1-9H2. The van der Waals surface area contributed by atoms with Gasteiger partial charge < -0.3 is 0 Å². The summed E-state index contributed by atoms with van der Waals surface area (Å²) in [5.74, 6) is 3.37. The van der Waals surface area contributed by atoms with Crippen molar-refractivity contribution in [3.8, 4) is 0 Å². The van der Waals surface area contributed by atoms with Crippen LogP contribution in [0.25, 0.3) is 0 Å². The second-order valence-electron chi connectivity index (χ2n) is 6.02. The van der Waals surface area contributed by atoms with Crippen LogP contribution in [0.15, 0.2) is 0 Å². The summed E-state index contributed by atoms with van der Waals surface area (Å²) in [5.41, 5.74) is 0.788. The maximum Gasteiger partial charge on any atom is -0.0290 e. The fraction of sp³-hybridized carbons (Fsp3) is 0.923. The molecule has 4 bridgehead atoms. The number of rotatable bonds is 2. The first-order chi connectivity index (χ1) is 6.30. The lowest BCUT2D eigenvalue weighted by Crippen LogP contribution is -2.45. The predicted octanol–water partition coefficient (Wildman–Crippen LogP) is 3.82. The molecule has 4 fully saturated rings. The molecule has 0 N–H and O–H groups in total. The van der Waals surface area contributed by atoms with Crippen molar-refractivity contribution in [2.24, 2.45) is 23.2 Å². The van der Waals surface area contributed by atoms with Crippen molar-refractivity contribution in [3.63, 3.8) is 0 Å². The Hall–Kier alpha value is 0. The maximum absolute atomic E-state index is 4.06. The number of hydrogen-bond donors (Lipinski definition) is 0. The van der Waals surface area contributed by atoms with Crippen molar-refractivity contribution in [2.75, 3.05) is 0 Å². The van der Waals surface area contributed by atoms with Gasteiger partial charge in [-0.1, -0.05) is 13.3 Å². The molecule has 0 unspecified atom stereocenters. The van der Waals surface area contributed by atoms with Crippen LogP contribution in [-0.4, -0.2) is 0 Å². The highest BCUT2D eigenvalue weighted by atomic mass is 14.5. The van der Waals surface area contributed by atoms with Gasteiger partial charge in [0.05, 0.1) is 0 Å². The second kappa shape index (κ2) is 2.74. The average molecular weight is 177 g/mol. The van der Waals surface area contributed by atoms with E-state index in [1.54, 1.807) is 38.5 Å². The molecule has 0 aromatic rings. The normalized spacial score (nSPS) is 52.8. The lowest BCUT2D eigenvalue weighted by molar-refractivity contribution is -0.0567. The second-order valence-corrected chi connectivity index (χ2v) is 6.02. The SMILES string of the molecule is [CH2]CCC12CC3CC(CC(C3)C1)C2. The highest BCUT2D eigenvalue weighted by Gasteiger charge is 2.49. The molecule has 13 heavy (non-hydrogen) atoms. The van der Waals surface area contributed by atoms with Crippen molar-refractivity contribution in [1.82, 2.24) is 0 Å². The van der Waals surface area contributed by atoms with Gasteiger partial charge in [-0.05, 0) is 68.1 Å². The van der Waals surface area contributed by atoms with Crippen molar-refractivity contribution < 1.29 is 0 Å². The zero-order chi connectivity index (χ0) is 8.89. The monoisotopic (exact) mass is 177 g/mol. The van der Waals surface area contributed by atoms with Gasteiger partial charge in [0.25, 0.3) is 0 Å². The van der Waals surface area contributed by atoms with Crippen LogP contribution in [0.5, 0.6) is 0 Å². The van der Waals surface area contributed by atoms with E-state index in [1.165, 1.54) is 12.8 Å². The van der Waals surface area contributed by atoms with Gasteiger partial charge in [0.1, 0.15) is 0 Å². The number of hydrogen-bond acceptors (Lipinski definition) is 0. The van der Waals surface area contributed by atoms with E-state index >= 15 is 0 Å². The summed E-state index contributed by atoms with van der Waals surface area (Å²) in [4.78, 5) is 0. The summed E-state index contributed by atoms with van der Waals surface area (Å²) >= 11 is 0. The van der Waals surface area contributed by atoms with Crippen molar-refractivity contribution >= 4 is 0 Å². The molecule has 0 heteroatoms. The van der Waals surface area contributed by atoms with E-state index in [4.69, 9.17) is 0 Å². The van der Waals surface area contributed by atoms with E-state index in [0.29, 0.717) is 0 Å². The molecular formula is C13H21. The minimum absolute atomic E-state index is 0.788. The van der Waals surface area contributed by atoms with Crippen LogP contribution in [0.3, 0.4) is 0 Å². The summed E-state index contributed by atoms with van der Waals surface area (Å²) in [6.45, 7) is 4.06. The predicted molar refractivity (Wildman–Crippen MR) is 55.2 cm³/mol. The quantitative estimate of drug-likeness (QED) is 0.601. The molecule has 4 aliphatic rings. The Kier molecular flexibility index (Phi) is 1.76. The topological polar surface area (TPSA) is 0 Å². The van der Waals surface area contributed by atoms with Gasteiger partial charge in [0, 0.05) is 0 Å². The van der Waals surface area contributed by atoms with Crippen LogP contribution in [0, 0.1) is 30.1 Å². The van der Waals surface area contributed by atoms with E-state index in [1.807, 2.05) is 0 Å². The van der Waals surface area contributed by atoms with E-state index in [9.17, 15) is 0 Å². The molecule has 4 aliphatic carbocycles. The van der Waals surface area contributed by atoms with Gasteiger partial charge in [0.2, 0.25) is 0 Å². The highest BCUT2D eigenvalue weighted by molar-refractivity contribution is 5.01. The van der Waals surface area contributed by atoms with E-state index in [2.05, 4.69) is 6.92 Å². The smallest absolute Gasteiger partial charge is 0.0290 e. The summed E-state index contributed by atoms with van der Waals surface area (Å²) in [7, 11) is 0. The van der Waals surface area contributed by atoms with Gasteiger partial charge in [-0.25, -0.2) is 0 Å². The molecule has 4 rings (SSSR count). The maximum atomic E-state index is 4.06. The van der Waals surface area contributed by atoms with Crippen LogP contribution in [0.1, 0.15) is 51.4 Å². The molecule has 0 aromatic carbocycles. The minimum atomic E-state index is 0.788. The van der Waals surface area contributed by atoms with Gasteiger partial charge in [-0.2, -0.15) is 0 Å². The molecule has 4 saturated carbocycles. The van der Waals surface area contributed by atoms with E-state index in [0.717, 1.165) is 23.2 Å². The van der Waals surface area contributed by atoms with Crippen LogP contribution >= 0.6 is 0 Å². The summed E-state index contributed by atoms with van der Waals surface area (Å²) in [6.07, 6.45) is 12.0. The highest BCUT2D eigenvalue weighted by Crippen LogP contribution is 2.61. The Morgan fingerprint density at radius 3 is 1.77 bits per heavy atom. The van der Waals surface area contributed by atoms with Crippen LogP contribution in [0.2, 0.25) is 0 Å². The van der Waals surface area contributed by atoms with Gasteiger partial charge in [0.15, 0.2) is 0 Å². The third-order valence-electron chi connectivity index (χ3n) is 4.87. The fourth-order valence-electron chi connectivity index (χ4n) is 4.97. The van der Waals surface area contributed by atoms with Crippen LogP contribution in [0.4, 0.5) is 0 Å². The molecule has 0 aromatic heterocycles. The lowest BCUT2D eigenvalue weighted by Gasteiger charge is -2.57. The van der Waals surface area contributed by atoms with Crippen molar-refractivity contribution in [2.45, 2.75) is 51.4 Å². The minimum Gasteiger partial charge on any atom is -0.0533 e. The van der Waals surface area contributed by atoms with Gasteiger partial charge >= 0.3 is 0 Å². The molecule has 73 valence electrons. The van der Waals surface area contributed by atoms with E-state index in [-0.39, 0.29) is 0 Å².